The largest absolute Gasteiger partial charge is 0.504 e. The van der Waals surface area contributed by atoms with Crippen LogP contribution in [0.1, 0.15) is 37.8 Å². The molecule has 4 unspecified atom stereocenters. The van der Waals surface area contributed by atoms with Gasteiger partial charge in [-0.05, 0) is 58.3 Å². The minimum atomic E-state index is -0.900. The Morgan fingerprint density at radius 1 is 1.29 bits per heavy atom. The molecule has 0 radical (unpaired) electrons. The average Bonchev–Trinajstić information content (AvgIpc) is 3.03. The van der Waals surface area contributed by atoms with Crippen LogP contribution in [0.25, 0.3) is 0 Å². The van der Waals surface area contributed by atoms with E-state index in [1.165, 1.54) is 11.1 Å². The molecule has 2 fully saturated rings. The second kappa shape index (κ2) is 4.77. The molecule has 4 bridgehead atoms. The molecule has 6 aliphatic rings. The first-order valence-electron chi connectivity index (χ1n) is 10.4. The van der Waals surface area contributed by atoms with Crippen LogP contribution in [-0.2, 0) is 16.6 Å². The fourth-order valence-electron chi connectivity index (χ4n) is 7.86. The summed E-state index contributed by atoms with van der Waals surface area (Å²) in [4.78, 5) is 2.49. The van der Waals surface area contributed by atoms with Crippen LogP contribution in [0.3, 0.4) is 0 Å². The van der Waals surface area contributed by atoms with Crippen LogP contribution in [0.4, 0.5) is 0 Å². The number of fused-ring (bicyclic) bond motifs is 1. The van der Waals surface area contributed by atoms with Crippen molar-refractivity contribution in [2.75, 3.05) is 20.7 Å². The predicted molar refractivity (Wildman–Crippen MR) is 105 cm³/mol. The molecule has 28 heavy (non-hydrogen) atoms. The van der Waals surface area contributed by atoms with Gasteiger partial charge in [0.2, 0.25) is 0 Å². The molecule has 6 atom stereocenters. The number of methoxy groups -OCH3 is 1. The highest BCUT2D eigenvalue weighted by molar-refractivity contribution is 5.65. The minimum absolute atomic E-state index is 0.0832. The second-order valence-corrected chi connectivity index (χ2v) is 10.2. The zero-order chi connectivity index (χ0) is 19.7. The predicted octanol–water partition coefficient (Wildman–Crippen LogP) is 2.38. The van der Waals surface area contributed by atoms with E-state index in [1.54, 1.807) is 13.2 Å². The number of benzene rings is 1. The van der Waals surface area contributed by atoms with Gasteiger partial charge >= 0.3 is 0 Å². The molecule has 1 saturated heterocycles. The number of hydrogen-bond acceptors (Lipinski definition) is 5. The maximum Gasteiger partial charge on any atom is 0.165 e. The molecule has 0 aromatic heterocycles. The number of aromatic hydroxyl groups is 1. The summed E-state index contributed by atoms with van der Waals surface area (Å²) in [6, 6.07) is 4.21. The van der Waals surface area contributed by atoms with Gasteiger partial charge in [-0.25, -0.2) is 0 Å². The van der Waals surface area contributed by atoms with Crippen LogP contribution in [0, 0.1) is 11.3 Å². The molecule has 1 saturated carbocycles. The first kappa shape index (κ1) is 17.3. The molecule has 0 amide bonds. The fraction of sp³-hybridized carbons (Fsp3) is 0.652. The number of phenolic OH excluding ortho intramolecular Hbond substituents is 1. The van der Waals surface area contributed by atoms with E-state index in [4.69, 9.17) is 9.47 Å². The highest BCUT2D eigenvalue weighted by Gasteiger charge is 2.80. The van der Waals surface area contributed by atoms with Gasteiger partial charge in [0.1, 0.15) is 11.7 Å². The third kappa shape index (κ3) is 1.54. The molecule has 2 N–H and O–H groups in total. The zero-order valence-corrected chi connectivity index (χ0v) is 17.0. The Morgan fingerprint density at radius 3 is 2.79 bits per heavy atom. The van der Waals surface area contributed by atoms with Gasteiger partial charge in [-0.2, -0.15) is 0 Å². The van der Waals surface area contributed by atoms with Gasteiger partial charge in [-0.15, -0.1) is 0 Å². The van der Waals surface area contributed by atoms with Gasteiger partial charge in [-0.3, -0.25) is 0 Å². The lowest BCUT2D eigenvalue weighted by Crippen LogP contribution is -2.80. The number of piperidine rings is 1. The number of rotatable bonds is 2. The number of phenols is 1. The molecule has 4 aliphatic carbocycles. The Morgan fingerprint density at radius 2 is 2.07 bits per heavy atom. The van der Waals surface area contributed by atoms with Crippen molar-refractivity contribution in [1.82, 2.24) is 4.90 Å². The van der Waals surface area contributed by atoms with Gasteiger partial charge in [0.15, 0.2) is 11.5 Å². The van der Waals surface area contributed by atoms with Gasteiger partial charge in [0, 0.05) is 30.0 Å². The van der Waals surface area contributed by atoms with Crippen LogP contribution >= 0.6 is 0 Å². The van der Waals surface area contributed by atoms with Crippen LogP contribution in [0.5, 0.6) is 11.5 Å². The molecule has 5 nitrogen and oxygen atoms in total. The number of ether oxygens (including phenoxy) is 2. The van der Waals surface area contributed by atoms with Crippen LogP contribution in [0.15, 0.2) is 24.3 Å². The molecule has 2 heterocycles. The number of aliphatic hydroxyl groups is 1. The van der Waals surface area contributed by atoms with Gasteiger partial charge in [0.05, 0.1) is 11.0 Å². The first-order chi connectivity index (χ1) is 13.2. The lowest BCUT2D eigenvalue weighted by atomic mass is 9.36. The lowest BCUT2D eigenvalue weighted by molar-refractivity contribution is -0.243. The summed E-state index contributed by atoms with van der Waals surface area (Å²) in [5.74, 6) is 0.789. The maximum absolute atomic E-state index is 11.2. The third-order valence-corrected chi connectivity index (χ3v) is 8.93. The second-order valence-electron chi connectivity index (χ2n) is 10.2. The summed E-state index contributed by atoms with van der Waals surface area (Å²) >= 11 is 0. The van der Waals surface area contributed by atoms with Crippen molar-refractivity contribution in [3.63, 3.8) is 0 Å². The number of likely N-dealkylation sites (tertiary alicyclic amines) is 1. The van der Waals surface area contributed by atoms with Crippen LogP contribution in [0.2, 0.25) is 0 Å². The van der Waals surface area contributed by atoms with Crippen molar-refractivity contribution in [2.45, 2.75) is 61.9 Å². The summed E-state index contributed by atoms with van der Waals surface area (Å²) < 4.78 is 12.9. The molecule has 7 rings (SSSR count). The van der Waals surface area contributed by atoms with Crippen molar-refractivity contribution in [2.24, 2.45) is 11.3 Å². The van der Waals surface area contributed by atoms with Crippen LogP contribution < -0.4 is 4.74 Å². The molecule has 2 aliphatic heterocycles. The number of hydrogen-bond donors (Lipinski definition) is 2. The Hall–Kier alpha value is -1.56. The first-order valence-corrected chi connectivity index (χ1v) is 10.4. The van der Waals surface area contributed by atoms with Crippen LogP contribution in [-0.4, -0.2) is 59.2 Å². The van der Waals surface area contributed by atoms with Gasteiger partial charge in [-0.1, -0.05) is 18.2 Å². The highest BCUT2D eigenvalue weighted by atomic mass is 16.6. The number of nitrogens with zero attached hydrogens (tertiary/aromatic N) is 1. The summed E-state index contributed by atoms with van der Waals surface area (Å²) in [5, 5.41) is 21.9. The Bertz CT molecular complexity index is 920. The maximum atomic E-state index is 11.2. The molecular weight excluding hydrogens is 354 g/mol. The van der Waals surface area contributed by atoms with E-state index in [0.717, 1.165) is 25.8 Å². The van der Waals surface area contributed by atoms with Gasteiger partial charge < -0.3 is 24.6 Å². The molecule has 1 aromatic rings. The molecule has 5 heteroatoms. The lowest BCUT2D eigenvalue weighted by Gasteiger charge is -2.72. The standard InChI is InChI=1S/C23H29NO4/c1-20(2,26)15-12-21-7-8-23(15,27-4)19-22(21)9-10-24(3)16(21)11-13-5-6-14(25)18(28-19)17(13)22/h5-8,15-16,19,25-26H,9-12H2,1-4H3/t15?,16-,19?,21?,22+,23?/m1/s1. The summed E-state index contributed by atoms with van der Waals surface area (Å²) in [6.45, 7) is 4.79. The fourth-order valence-corrected chi connectivity index (χ4v) is 7.86. The van der Waals surface area contributed by atoms with E-state index in [9.17, 15) is 10.2 Å². The SMILES string of the molecule is COC12C=CC3(CC1C(C)(C)O)[C@H]1Cc4ccc(O)c5c4[C@@]3(CCN1C)C2O5. The molecule has 150 valence electrons. The minimum Gasteiger partial charge on any atom is -0.504 e. The van der Waals surface area contributed by atoms with E-state index in [-0.39, 0.29) is 28.6 Å². The molecule has 1 aromatic carbocycles. The van der Waals surface area contributed by atoms with Crippen molar-refractivity contribution in [3.8, 4) is 11.5 Å². The Labute approximate surface area is 165 Å². The monoisotopic (exact) mass is 383 g/mol. The molecular formula is C23H29NO4. The van der Waals surface area contributed by atoms with Crippen molar-refractivity contribution in [1.29, 1.82) is 0 Å². The summed E-state index contributed by atoms with van der Waals surface area (Å²) in [5.41, 5.74) is 0.565. The summed E-state index contributed by atoms with van der Waals surface area (Å²) in [6.07, 6.45) is 7.12. The van der Waals surface area contributed by atoms with E-state index in [0.29, 0.717) is 11.8 Å². The van der Waals surface area contributed by atoms with E-state index >= 15 is 0 Å². The Kier molecular flexibility index (Phi) is 2.95. The highest BCUT2D eigenvalue weighted by Crippen LogP contribution is 2.75. The topological polar surface area (TPSA) is 62.2 Å². The van der Waals surface area contributed by atoms with Crippen molar-refractivity contribution >= 4 is 0 Å². The molecule has 2 spiro atoms. The third-order valence-electron chi connectivity index (χ3n) is 8.93. The van der Waals surface area contributed by atoms with E-state index < -0.39 is 11.2 Å². The zero-order valence-electron chi connectivity index (χ0n) is 17.0. The van der Waals surface area contributed by atoms with Crippen molar-refractivity contribution in [3.05, 3.63) is 35.4 Å². The smallest absolute Gasteiger partial charge is 0.165 e. The van der Waals surface area contributed by atoms with Gasteiger partial charge in [0.25, 0.3) is 0 Å². The average molecular weight is 383 g/mol. The van der Waals surface area contributed by atoms with E-state index in [1.807, 2.05) is 13.8 Å². The Balaban J connectivity index is 1.71. The van der Waals surface area contributed by atoms with E-state index in [2.05, 4.69) is 30.2 Å². The normalized spacial score (nSPS) is 45.1. The van der Waals surface area contributed by atoms with Crippen molar-refractivity contribution < 1.29 is 19.7 Å². The number of likely N-dealkylation sites (N-methyl/N-ethyl adjacent to an activating group) is 1. The quantitative estimate of drug-likeness (QED) is 0.768. The summed E-state index contributed by atoms with van der Waals surface area (Å²) in [7, 11) is 3.96.